The number of aromatic nitrogens is 2. The molecule has 0 radical (unpaired) electrons. The maximum atomic E-state index is 9.65. The van der Waals surface area contributed by atoms with Gasteiger partial charge in [0.2, 0.25) is 5.88 Å². The standard InChI is InChI=1S/C10H15N3O2/c1-3-12-7-6-10(14)13(15-4-2)8(7)5-9(12)11/h5-6,14H,3-4,11H2,1-2H3. The number of nitrogens with zero attached hydrogens (tertiary/aromatic N) is 2. The molecule has 0 spiro atoms. The lowest BCUT2D eigenvalue weighted by Crippen LogP contribution is -2.08. The molecule has 0 fully saturated rings. The zero-order valence-corrected chi connectivity index (χ0v) is 8.90. The van der Waals surface area contributed by atoms with E-state index in [9.17, 15) is 5.11 Å². The first kappa shape index (κ1) is 9.76. The van der Waals surface area contributed by atoms with Crippen molar-refractivity contribution in [3.63, 3.8) is 0 Å². The largest absolute Gasteiger partial charge is 0.492 e. The Labute approximate surface area is 87.6 Å². The van der Waals surface area contributed by atoms with Gasteiger partial charge in [-0.1, -0.05) is 0 Å². The van der Waals surface area contributed by atoms with Gasteiger partial charge < -0.3 is 20.2 Å². The summed E-state index contributed by atoms with van der Waals surface area (Å²) in [7, 11) is 0. The molecular formula is C10H15N3O2. The Morgan fingerprint density at radius 2 is 2.07 bits per heavy atom. The van der Waals surface area contributed by atoms with Crippen LogP contribution in [0, 0.1) is 0 Å². The van der Waals surface area contributed by atoms with Crippen LogP contribution in [-0.2, 0) is 6.54 Å². The minimum atomic E-state index is 0.101. The molecule has 0 aliphatic heterocycles. The van der Waals surface area contributed by atoms with Crippen LogP contribution < -0.4 is 10.6 Å². The van der Waals surface area contributed by atoms with Gasteiger partial charge in [-0.2, -0.15) is 0 Å². The van der Waals surface area contributed by atoms with E-state index in [1.54, 1.807) is 12.1 Å². The van der Waals surface area contributed by atoms with Crippen LogP contribution in [0.15, 0.2) is 12.1 Å². The van der Waals surface area contributed by atoms with Crippen LogP contribution in [0.1, 0.15) is 13.8 Å². The van der Waals surface area contributed by atoms with Crippen molar-refractivity contribution in [1.29, 1.82) is 0 Å². The molecule has 2 aromatic rings. The Morgan fingerprint density at radius 1 is 1.33 bits per heavy atom. The first-order valence-electron chi connectivity index (χ1n) is 5.01. The molecule has 82 valence electrons. The van der Waals surface area contributed by atoms with Crippen molar-refractivity contribution in [2.45, 2.75) is 20.4 Å². The maximum absolute atomic E-state index is 9.65. The fourth-order valence-electron chi connectivity index (χ4n) is 1.81. The Balaban J connectivity index is 2.66. The van der Waals surface area contributed by atoms with Crippen LogP contribution in [-0.4, -0.2) is 21.0 Å². The average molecular weight is 209 g/mol. The zero-order chi connectivity index (χ0) is 11.0. The van der Waals surface area contributed by atoms with Crippen molar-refractivity contribution in [2.75, 3.05) is 12.3 Å². The van der Waals surface area contributed by atoms with Crippen molar-refractivity contribution < 1.29 is 9.94 Å². The number of hydrogen-bond acceptors (Lipinski definition) is 3. The second kappa shape index (κ2) is 3.42. The van der Waals surface area contributed by atoms with E-state index in [-0.39, 0.29) is 5.88 Å². The van der Waals surface area contributed by atoms with Crippen LogP contribution >= 0.6 is 0 Å². The molecule has 0 aromatic carbocycles. The summed E-state index contributed by atoms with van der Waals surface area (Å²) >= 11 is 0. The summed E-state index contributed by atoms with van der Waals surface area (Å²) in [5.74, 6) is 0.778. The highest BCUT2D eigenvalue weighted by molar-refractivity contribution is 5.83. The molecule has 0 saturated heterocycles. The molecule has 2 aromatic heterocycles. The van der Waals surface area contributed by atoms with Crippen LogP contribution in [0.25, 0.3) is 11.0 Å². The summed E-state index contributed by atoms with van der Waals surface area (Å²) in [4.78, 5) is 5.30. The predicted molar refractivity (Wildman–Crippen MR) is 58.8 cm³/mol. The highest BCUT2D eigenvalue weighted by Crippen LogP contribution is 2.27. The Kier molecular flexibility index (Phi) is 2.22. The number of fused-ring (bicyclic) bond motifs is 1. The van der Waals surface area contributed by atoms with Gasteiger partial charge in [0.15, 0.2) is 0 Å². The van der Waals surface area contributed by atoms with E-state index in [4.69, 9.17) is 10.6 Å². The van der Waals surface area contributed by atoms with Gasteiger partial charge >= 0.3 is 0 Å². The normalized spacial score (nSPS) is 11.1. The first-order chi connectivity index (χ1) is 7.19. The zero-order valence-electron chi connectivity index (χ0n) is 8.90. The number of hydrogen-bond donors (Lipinski definition) is 2. The molecule has 0 bridgehead atoms. The van der Waals surface area contributed by atoms with E-state index in [2.05, 4.69) is 0 Å². The first-order valence-corrected chi connectivity index (χ1v) is 5.01. The lowest BCUT2D eigenvalue weighted by molar-refractivity contribution is 0.112. The number of anilines is 1. The van der Waals surface area contributed by atoms with Crippen LogP contribution in [0.5, 0.6) is 5.88 Å². The highest BCUT2D eigenvalue weighted by Gasteiger charge is 2.14. The van der Waals surface area contributed by atoms with Crippen molar-refractivity contribution in [3.05, 3.63) is 12.1 Å². The Bertz CT molecular complexity index is 484. The van der Waals surface area contributed by atoms with Crippen molar-refractivity contribution in [3.8, 4) is 5.88 Å². The summed E-state index contributed by atoms with van der Waals surface area (Å²) in [6.45, 7) is 5.13. The van der Waals surface area contributed by atoms with E-state index in [0.29, 0.717) is 12.4 Å². The molecule has 0 aliphatic rings. The Morgan fingerprint density at radius 3 is 2.67 bits per heavy atom. The molecule has 0 saturated carbocycles. The van der Waals surface area contributed by atoms with Gasteiger partial charge in [-0.15, -0.1) is 4.73 Å². The lowest BCUT2D eigenvalue weighted by atomic mass is 10.5. The van der Waals surface area contributed by atoms with Gasteiger partial charge in [0.05, 0.1) is 5.52 Å². The van der Waals surface area contributed by atoms with E-state index < -0.39 is 0 Å². The minimum Gasteiger partial charge on any atom is -0.492 e. The summed E-state index contributed by atoms with van der Waals surface area (Å²) in [5, 5.41) is 9.65. The van der Waals surface area contributed by atoms with Gasteiger partial charge in [0, 0.05) is 18.7 Å². The fraction of sp³-hybridized carbons (Fsp3) is 0.400. The second-order valence-corrected chi connectivity index (χ2v) is 3.30. The summed E-state index contributed by atoms with van der Waals surface area (Å²) in [6.07, 6.45) is 0. The predicted octanol–water partition coefficient (Wildman–Crippen LogP) is 1.20. The van der Waals surface area contributed by atoms with Crippen LogP contribution in [0.4, 0.5) is 5.82 Å². The summed E-state index contributed by atoms with van der Waals surface area (Å²) < 4.78 is 3.32. The average Bonchev–Trinajstić information content (AvgIpc) is 2.64. The van der Waals surface area contributed by atoms with Gasteiger partial charge in [-0.3, -0.25) is 0 Å². The van der Waals surface area contributed by atoms with Crippen LogP contribution in [0.3, 0.4) is 0 Å². The van der Waals surface area contributed by atoms with Gasteiger partial charge in [0.1, 0.15) is 17.9 Å². The van der Waals surface area contributed by atoms with Crippen molar-refractivity contribution in [2.24, 2.45) is 0 Å². The monoisotopic (exact) mass is 209 g/mol. The lowest BCUT2D eigenvalue weighted by Gasteiger charge is -2.04. The third-order valence-corrected chi connectivity index (χ3v) is 2.42. The molecule has 2 rings (SSSR count). The molecule has 2 heterocycles. The summed E-state index contributed by atoms with van der Waals surface area (Å²) in [5.41, 5.74) is 7.53. The molecule has 5 nitrogen and oxygen atoms in total. The molecule has 15 heavy (non-hydrogen) atoms. The van der Waals surface area contributed by atoms with E-state index in [1.165, 1.54) is 4.73 Å². The third kappa shape index (κ3) is 1.31. The molecule has 0 amide bonds. The summed E-state index contributed by atoms with van der Waals surface area (Å²) in [6, 6.07) is 3.46. The SMILES string of the molecule is CCOn1c(O)cc2c1cc(N)n2CC. The second-order valence-electron chi connectivity index (χ2n) is 3.30. The molecule has 3 N–H and O–H groups in total. The van der Waals surface area contributed by atoms with Gasteiger partial charge in [-0.25, -0.2) is 0 Å². The van der Waals surface area contributed by atoms with E-state index in [0.717, 1.165) is 17.6 Å². The molecule has 0 atom stereocenters. The number of nitrogens with two attached hydrogens (primary N) is 1. The molecule has 5 heteroatoms. The van der Waals surface area contributed by atoms with Gasteiger partial charge in [-0.05, 0) is 13.8 Å². The number of aryl methyl sites for hydroxylation is 1. The molecule has 0 aliphatic carbocycles. The number of nitrogen functional groups attached to an aromatic ring is 1. The maximum Gasteiger partial charge on any atom is 0.227 e. The highest BCUT2D eigenvalue weighted by atomic mass is 16.7. The Hall–Kier alpha value is -1.78. The van der Waals surface area contributed by atoms with Gasteiger partial charge in [0.25, 0.3) is 0 Å². The molecule has 0 unspecified atom stereocenters. The van der Waals surface area contributed by atoms with Crippen LogP contribution in [0.2, 0.25) is 0 Å². The topological polar surface area (TPSA) is 65.3 Å². The minimum absolute atomic E-state index is 0.101. The fourth-order valence-corrected chi connectivity index (χ4v) is 1.81. The van der Waals surface area contributed by atoms with Crippen molar-refractivity contribution >= 4 is 16.9 Å². The number of aromatic hydroxyl groups is 1. The quantitative estimate of drug-likeness (QED) is 0.798. The van der Waals surface area contributed by atoms with E-state index >= 15 is 0 Å². The van der Waals surface area contributed by atoms with Crippen molar-refractivity contribution in [1.82, 2.24) is 9.30 Å². The smallest absolute Gasteiger partial charge is 0.227 e. The number of rotatable bonds is 3. The van der Waals surface area contributed by atoms with E-state index in [1.807, 2.05) is 18.4 Å². The third-order valence-electron chi connectivity index (χ3n) is 2.42. The molecular weight excluding hydrogens is 194 g/mol.